The molecule has 1 nitrogen and oxygen atoms in total. The summed E-state index contributed by atoms with van der Waals surface area (Å²) in [4.78, 5) is 1.37. The van der Waals surface area contributed by atoms with Crippen LogP contribution in [-0.4, -0.2) is 12.6 Å². The average molecular weight is 246 g/mol. The minimum atomic E-state index is 0.290. The van der Waals surface area contributed by atoms with E-state index in [0.29, 0.717) is 11.5 Å². The van der Waals surface area contributed by atoms with Gasteiger partial charge in [0.2, 0.25) is 0 Å². The van der Waals surface area contributed by atoms with Gasteiger partial charge in [0.05, 0.1) is 4.34 Å². The second-order valence-corrected chi connectivity index (χ2v) is 6.88. The van der Waals surface area contributed by atoms with E-state index < -0.39 is 0 Å². The minimum absolute atomic E-state index is 0.290. The highest BCUT2D eigenvalue weighted by Crippen LogP contribution is 2.28. The summed E-state index contributed by atoms with van der Waals surface area (Å²) in [5.41, 5.74) is 0.290. The first-order chi connectivity index (χ1) is 6.89. The van der Waals surface area contributed by atoms with Crippen molar-refractivity contribution < 1.29 is 0 Å². The van der Waals surface area contributed by atoms with E-state index in [2.05, 4.69) is 39.1 Å². The van der Waals surface area contributed by atoms with E-state index in [1.807, 2.05) is 6.07 Å². The van der Waals surface area contributed by atoms with Crippen molar-refractivity contribution in [3.63, 3.8) is 0 Å². The van der Waals surface area contributed by atoms with Crippen LogP contribution in [0, 0.1) is 5.41 Å². The van der Waals surface area contributed by atoms with Gasteiger partial charge in [-0.1, -0.05) is 39.3 Å². The third kappa shape index (κ3) is 5.01. The molecule has 0 bridgehead atoms. The van der Waals surface area contributed by atoms with Crippen molar-refractivity contribution in [3.8, 4) is 0 Å². The fourth-order valence-electron chi connectivity index (χ4n) is 1.46. The highest BCUT2D eigenvalue weighted by molar-refractivity contribution is 7.16. The molecule has 0 aliphatic carbocycles. The summed E-state index contributed by atoms with van der Waals surface area (Å²) in [6.07, 6.45) is 1.09. The summed E-state index contributed by atoms with van der Waals surface area (Å²) in [6.45, 7) is 9.97. The van der Waals surface area contributed by atoms with Crippen molar-refractivity contribution in [2.24, 2.45) is 5.41 Å². The molecule has 0 aromatic carbocycles. The van der Waals surface area contributed by atoms with Crippen LogP contribution in [0.3, 0.4) is 0 Å². The van der Waals surface area contributed by atoms with E-state index in [4.69, 9.17) is 11.6 Å². The lowest BCUT2D eigenvalue weighted by atomic mass is 9.88. The molecule has 0 fully saturated rings. The first-order valence-electron chi connectivity index (χ1n) is 5.37. The van der Waals surface area contributed by atoms with E-state index >= 15 is 0 Å². The van der Waals surface area contributed by atoms with Gasteiger partial charge in [-0.15, -0.1) is 11.3 Å². The maximum absolute atomic E-state index is 5.92. The SMILES string of the molecule is CC(C)NCC(C)(C)Cc1ccc(Cl)s1. The third-order valence-electron chi connectivity index (χ3n) is 2.27. The summed E-state index contributed by atoms with van der Waals surface area (Å²) in [5, 5.41) is 3.48. The molecule has 0 aliphatic heterocycles. The molecule has 0 aliphatic rings. The predicted molar refractivity (Wildman–Crippen MR) is 70.0 cm³/mol. The van der Waals surface area contributed by atoms with E-state index in [1.54, 1.807) is 11.3 Å². The Kier molecular flexibility index (Phi) is 4.63. The quantitative estimate of drug-likeness (QED) is 0.828. The Morgan fingerprint density at radius 1 is 1.40 bits per heavy atom. The van der Waals surface area contributed by atoms with Crippen molar-refractivity contribution in [2.45, 2.75) is 40.2 Å². The highest BCUT2D eigenvalue weighted by Gasteiger charge is 2.19. The molecule has 0 saturated heterocycles. The summed E-state index contributed by atoms with van der Waals surface area (Å²) < 4.78 is 0.887. The maximum Gasteiger partial charge on any atom is 0.0931 e. The van der Waals surface area contributed by atoms with Crippen LogP contribution in [0.25, 0.3) is 0 Å². The molecule has 0 unspecified atom stereocenters. The number of thiophene rings is 1. The molecule has 15 heavy (non-hydrogen) atoms. The predicted octanol–water partition coefficient (Wildman–Crippen LogP) is 3.97. The molecule has 0 amide bonds. The largest absolute Gasteiger partial charge is 0.314 e. The fraction of sp³-hybridized carbons (Fsp3) is 0.667. The second-order valence-electron chi connectivity index (χ2n) is 5.08. The Bertz CT molecular complexity index is 304. The highest BCUT2D eigenvalue weighted by atomic mass is 35.5. The van der Waals surface area contributed by atoms with Gasteiger partial charge >= 0.3 is 0 Å². The topological polar surface area (TPSA) is 12.0 Å². The number of hydrogen-bond acceptors (Lipinski definition) is 2. The Morgan fingerprint density at radius 3 is 2.53 bits per heavy atom. The van der Waals surface area contributed by atoms with Crippen molar-refractivity contribution >= 4 is 22.9 Å². The molecule has 86 valence electrons. The van der Waals surface area contributed by atoms with Crippen LogP contribution < -0.4 is 5.32 Å². The van der Waals surface area contributed by atoms with Crippen molar-refractivity contribution in [3.05, 3.63) is 21.3 Å². The van der Waals surface area contributed by atoms with Crippen LogP contribution >= 0.6 is 22.9 Å². The van der Waals surface area contributed by atoms with Crippen LogP contribution in [0.5, 0.6) is 0 Å². The van der Waals surface area contributed by atoms with Gasteiger partial charge in [0, 0.05) is 17.5 Å². The molecule has 1 aromatic heterocycles. The molecule has 0 spiro atoms. The van der Waals surface area contributed by atoms with Crippen LogP contribution in [0.2, 0.25) is 4.34 Å². The van der Waals surface area contributed by atoms with Gasteiger partial charge in [-0.3, -0.25) is 0 Å². The van der Waals surface area contributed by atoms with E-state index in [-0.39, 0.29) is 0 Å². The Labute approximate surface area is 102 Å². The van der Waals surface area contributed by atoms with Gasteiger partial charge in [-0.25, -0.2) is 0 Å². The standard InChI is InChI=1S/C12H20ClNS/c1-9(2)14-8-12(3,4)7-10-5-6-11(13)15-10/h5-6,9,14H,7-8H2,1-4H3. The van der Waals surface area contributed by atoms with Crippen molar-refractivity contribution in [2.75, 3.05) is 6.54 Å². The Hall–Kier alpha value is -0.0500. The lowest BCUT2D eigenvalue weighted by molar-refractivity contribution is 0.328. The van der Waals surface area contributed by atoms with Crippen molar-refractivity contribution in [1.82, 2.24) is 5.32 Å². The number of nitrogens with one attached hydrogen (secondary N) is 1. The van der Waals surface area contributed by atoms with E-state index in [0.717, 1.165) is 17.3 Å². The zero-order valence-corrected chi connectivity index (χ0v) is 11.5. The molecule has 1 N–H and O–H groups in total. The fourth-order valence-corrected chi connectivity index (χ4v) is 2.81. The first-order valence-corrected chi connectivity index (χ1v) is 6.56. The number of rotatable bonds is 5. The molecular formula is C12H20ClNS. The van der Waals surface area contributed by atoms with Gasteiger partial charge in [-0.2, -0.15) is 0 Å². The van der Waals surface area contributed by atoms with E-state index in [9.17, 15) is 0 Å². The normalized spacial score (nSPS) is 12.4. The molecule has 1 rings (SSSR count). The van der Waals surface area contributed by atoms with Crippen LogP contribution in [0.1, 0.15) is 32.6 Å². The minimum Gasteiger partial charge on any atom is -0.314 e. The lowest BCUT2D eigenvalue weighted by Gasteiger charge is -2.25. The monoisotopic (exact) mass is 245 g/mol. The van der Waals surface area contributed by atoms with Crippen molar-refractivity contribution in [1.29, 1.82) is 0 Å². The van der Waals surface area contributed by atoms with E-state index in [1.165, 1.54) is 4.88 Å². The average Bonchev–Trinajstić information content (AvgIpc) is 2.47. The maximum atomic E-state index is 5.92. The number of halogens is 1. The molecule has 3 heteroatoms. The summed E-state index contributed by atoms with van der Waals surface area (Å²) in [7, 11) is 0. The van der Waals surface area contributed by atoms with Gasteiger partial charge in [0.15, 0.2) is 0 Å². The summed E-state index contributed by atoms with van der Waals surface area (Å²) in [6, 6.07) is 4.66. The Morgan fingerprint density at radius 2 is 2.07 bits per heavy atom. The van der Waals surface area contributed by atoms with Gasteiger partial charge in [0.1, 0.15) is 0 Å². The zero-order valence-electron chi connectivity index (χ0n) is 9.93. The van der Waals surface area contributed by atoms with Crippen LogP contribution in [-0.2, 0) is 6.42 Å². The smallest absolute Gasteiger partial charge is 0.0931 e. The molecular weight excluding hydrogens is 226 g/mol. The summed E-state index contributed by atoms with van der Waals surface area (Å²) in [5.74, 6) is 0. The van der Waals surface area contributed by atoms with Gasteiger partial charge < -0.3 is 5.32 Å². The molecule has 1 heterocycles. The number of hydrogen-bond donors (Lipinski definition) is 1. The van der Waals surface area contributed by atoms with Crippen LogP contribution in [0.4, 0.5) is 0 Å². The molecule has 0 radical (unpaired) electrons. The van der Waals surface area contributed by atoms with Gasteiger partial charge in [-0.05, 0) is 24.0 Å². The third-order valence-corrected chi connectivity index (χ3v) is 3.50. The molecule has 0 atom stereocenters. The molecule has 0 saturated carbocycles. The summed E-state index contributed by atoms with van der Waals surface area (Å²) >= 11 is 7.61. The second kappa shape index (κ2) is 5.33. The van der Waals surface area contributed by atoms with Gasteiger partial charge in [0.25, 0.3) is 0 Å². The first kappa shape index (κ1) is 13.0. The Balaban J connectivity index is 2.48. The lowest BCUT2D eigenvalue weighted by Crippen LogP contribution is -2.35. The zero-order chi connectivity index (χ0) is 11.5. The molecule has 1 aromatic rings. The van der Waals surface area contributed by atoms with Crippen LogP contribution in [0.15, 0.2) is 12.1 Å².